The van der Waals surface area contributed by atoms with Gasteiger partial charge in [0.05, 0.1) is 16.3 Å². The van der Waals surface area contributed by atoms with E-state index in [2.05, 4.69) is 15.6 Å². The highest BCUT2D eigenvalue weighted by atomic mass is 32.2. The van der Waals surface area contributed by atoms with Gasteiger partial charge in [0.15, 0.2) is 5.69 Å². The summed E-state index contributed by atoms with van der Waals surface area (Å²) < 4.78 is 1.41. The van der Waals surface area contributed by atoms with E-state index in [-0.39, 0.29) is 17.3 Å². The van der Waals surface area contributed by atoms with Crippen molar-refractivity contribution in [2.45, 2.75) is 12.7 Å². The number of thioether (sulfide) groups is 1. The van der Waals surface area contributed by atoms with Crippen LogP contribution < -0.4 is 5.32 Å². The van der Waals surface area contributed by atoms with Gasteiger partial charge in [0.2, 0.25) is 0 Å². The van der Waals surface area contributed by atoms with Crippen LogP contribution in [0.25, 0.3) is 5.69 Å². The van der Waals surface area contributed by atoms with Gasteiger partial charge in [-0.15, -0.1) is 5.10 Å². The van der Waals surface area contributed by atoms with Gasteiger partial charge in [0.25, 0.3) is 11.6 Å². The molecule has 8 nitrogen and oxygen atoms in total. The Morgan fingerprint density at radius 2 is 2.00 bits per heavy atom. The molecule has 0 aliphatic heterocycles. The molecule has 0 aliphatic rings. The van der Waals surface area contributed by atoms with E-state index >= 15 is 0 Å². The standard InChI is InChI=1S/C18H17N5O3S/c1-12-17(18(24)19-14-8-6-13(7-9-14)11-27-2)20-21-22(12)15-4-3-5-16(10-15)23(25)26/h3-10H,11H2,1-2H3,(H,19,24). The fourth-order valence-corrected chi connectivity index (χ4v) is 3.09. The number of nitrogens with zero attached hydrogens (tertiary/aromatic N) is 4. The zero-order chi connectivity index (χ0) is 19.4. The van der Waals surface area contributed by atoms with Crippen molar-refractivity contribution >= 4 is 29.0 Å². The fraction of sp³-hybridized carbons (Fsp3) is 0.167. The predicted octanol–water partition coefficient (Wildman–Crippen LogP) is 3.60. The number of carbonyl (C=O) groups excluding carboxylic acids is 1. The van der Waals surface area contributed by atoms with Crippen LogP contribution in [0.15, 0.2) is 48.5 Å². The molecular weight excluding hydrogens is 366 g/mol. The lowest BCUT2D eigenvalue weighted by atomic mass is 10.2. The third-order valence-corrected chi connectivity index (χ3v) is 4.54. The Kier molecular flexibility index (Phi) is 5.51. The first-order chi connectivity index (χ1) is 13.0. The maximum Gasteiger partial charge on any atom is 0.278 e. The van der Waals surface area contributed by atoms with Crippen molar-refractivity contribution in [2.24, 2.45) is 0 Å². The highest BCUT2D eigenvalue weighted by Crippen LogP contribution is 2.19. The predicted molar refractivity (Wildman–Crippen MR) is 104 cm³/mol. The first-order valence-corrected chi connectivity index (χ1v) is 9.45. The molecule has 1 aromatic heterocycles. The van der Waals surface area contributed by atoms with Gasteiger partial charge in [-0.1, -0.05) is 23.4 Å². The van der Waals surface area contributed by atoms with Gasteiger partial charge in [0.1, 0.15) is 0 Å². The van der Waals surface area contributed by atoms with Crippen LogP contribution in [0, 0.1) is 17.0 Å². The summed E-state index contributed by atoms with van der Waals surface area (Å²) in [5, 5.41) is 21.6. The molecule has 0 atom stereocenters. The molecule has 9 heteroatoms. The van der Waals surface area contributed by atoms with Crippen LogP contribution in [0.2, 0.25) is 0 Å². The summed E-state index contributed by atoms with van der Waals surface area (Å²) >= 11 is 1.73. The van der Waals surface area contributed by atoms with Crippen LogP contribution >= 0.6 is 11.8 Å². The Morgan fingerprint density at radius 1 is 1.26 bits per heavy atom. The highest BCUT2D eigenvalue weighted by molar-refractivity contribution is 7.97. The second kappa shape index (κ2) is 8.00. The number of nitro benzene ring substituents is 1. The number of nitro groups is 1. The minimum absolute atomic E-state index is 0.0567. The van der Waals surface area contributed by atoms with Crippen molar-refractivity contribution in [1.29, 1.82) is 0 Å². The molecular formula is C18H17N5O3S. The van der Waals surface area contributed by atoms with Gasteiger partial charge in [-0.2, -0.15) is 11.8 Å². The largest absolute Gasteiger partial charge is 0.321 e. The smallest absolute Gasteiger partial charge is 0.278 e. The van der Waals surface area contributed by atoms with E-state index in [4.69, 9.17) is 0 Å². The fourth-order valence-electron chi connectivity index (χ4n) is 2.56. The number of rotatable bonds is 6. The Hall–Kier alpha value is -3.20. The van der Waals surface area contributed by atoms with Gasteiger partial charge in [-0.3, -0.25) is 14.9 Å². The molecule has 0 aliphatic carbocycles. The zero-order valence-corrected chi connectivity index (χ0v) is 15.6. The molecule has 0 saturated heterocycles. The third kappa shape index (κ3) is 4.14. The van der Waals surface area contributed by atoms with Gasteiger partial charge >= 0.3 is 0 Å². The maximum absolute atomic E-state index is 12.5. The molecule has 0 spiro atoms. The lowest BCUT2D eigenvalue weighted by Crippen LogP contribution is -2.14. The van der Waals surface area contributed by atoms with E-state index < -0.39 is 4.92 Å². The molecule has 1 amide bonds. The molecule has 27 heavy (non-hydrogen) atoms. The number of carbonyl (C=O) groups is 1. The molecule has 1 heterocycles. The first kappa shape index (κ1) is 18.6. The number of aromatic nitrogens is 3. The molecule has 2 aromatic carbocycles. The van der Waals surface area contributed by atoms with Crippen LogP contribution in [0.4, 0.5) is 11.4 Å². The Morgan fingerprint density at radius 3 is 2.67 bits per heavy atom. The second-order valence-corrected chi connectivity index (χ2v) is 6.66. The SMILES string of the molecule is CSCc1ccc(NC(=O)c2nnn(-c3cccc([N+](=O)[O-])c3)c2C)cc1. The Balaban J connectivity index is 1.81. The van der Waals surface area contributed by atoms with Crippen molar-refractivity contribution in [3.8, 4) is 5.69 Å². The second-order valence-electron chi connectivity index (χ2n) is 5.80. The van der Waals surface area contributed by atoms with Crippen molar-refractivity contribution in [1.82, 2.24) is 15.0 Å². The van der Waals surface area contributed by atoms with Crippen molar-refractivity contribution in [3.63, 3.8) is 0 Å². The number of non-ortho nitro benzene ring substituents is 1. The Bertz CT molecular complexity index is 985. The average Bonchev–Trinajstić information content (AvgIpc) is 3.05. The monoisotopic (exact) mass is 383 g/mol. The number of amides is 1. The first-order valence-electron chi connectivity index (χ1n) is 8.06. The average molecular weight is 383 g/mol. The molecule has 3 rings (SSSR count). The van der Waals surface area contributed by atoms with Crippen LogP contribution in [-0.4, -0.2) is 32.1 Å². The van der Waals surface area contributed by atoms with Crippen LogP contribution in [0.5, 0.6) is 0 Å². The quantitative estimate of drug-likeness (QED) is 0.515. The minimum Gasteiger partial charge on any atom is -0.321 e. The summed E-state index contributed by atoms with van der Waals surface area (Å²) in [5.41, 5.74) is 2.90. The van der Waals surface area contributed by atoms with Crippen LogP contribution in [0.1, 0.15) is 21.7 Å². The van der Waals surface area contributed by atoms with E-state index in [0.717, 1.165) is 5.75 Å². The summed E-state index contributed by atoms with van der Waals surface area (Å²) in [6.45, 7) is 1.69. The third-order valence-electron chi connectivity index (χ3n) is 3.92. The maximum atomic E-state index is 12.5. The molecule has 1 N–H and O–H groups in total. The van der Waals surface area contributed by atoms with E-state index in [9.17, 15) is 14.9 Å². The van der Waals surface area contributed by atoms with Crippen LogP contribution in [-0.2, 0) is 5.75 Å². The summed E-state index contributed by atoms with van der Waals surface area (Å²) in [6.07, 6.45) is 2.03. The number of anilines is 1. The van der Waals surface area contributed by atoms with E-state index in [1.54, 1.807) is 30.8 Å². The lowest BCUT2D eigenvalue weighted by molar-refractivity contribution is -0.384. The zero-order valence-electron chi connectivity index (χ0n) is 14.7. The molecule has 138 valence electrons. The molecule has 0 radical (unpaired) electrons. The molecule has 0 bridgehead atoms. The molecule has 0 saturated carbocycles. The number of nitrogens with one attached hydrogen (secondary N) is 1. The summed E-state index contributed by atoms with van der Waals surface area (Å²) in [6, 6.07) is 13.6. The van der Waals surface area contributed by atoms with Gasteiger partial charge in [-0.25, -0.2) is 4.68 Å². The summed E-state index contributed by atoms with van der Waals surface area (Å²) in [7, 11) is 0. The van der Waals surface area contributed by atoms with Crippen LogP contribution in [0.3, 0.4) is 0 Å². The normalized spacial score (nSPS) is 10.6. The van der Waals surface area contributed by atoms with Crippen molar-refractivity contribution in [3.05, 3.63) is 75.6 Å². The van der Waals surface area contributed by atoms with E-state index in [1.807, 2.05) is 30.5 Å². The number of hydrogen-bond acceptors (Lipinski definition) is 6. The van der Waals surface area contributed by atoms with E-state index in [1.165, 1.54) is 22.4 Å². The highest BCUT2D eigenvalue weighted by Gasteiger charge is 2.18. The molecule has 3 aromatic rings. The topological polar surface area (TPSA) is 103 Å². The van der Waals surface area contributed by atoms with Gasteiger partial charge in [-0.05, 0) is 36.9 Å². The van der Waals surface area contributed by atoms with E-state index in [0.29, 0.717) is 17.1 Å². The number of hydrogen-bond donors (Lipinski definition) is 1. The van der Waals surface area contributed by atoms with Gasteiger partial charge < -0.3 is 5.32 Å². The summed E-state index contributed by atoms with van der Waals surface area (Å²) in [4.78, 5) is 23.0. The van der Waals surface area contributed by atoms with Crippen molar-refractivity contribution < 1.29 is 9.72 Å². The van der Waals surface area contributed by atoms with Crippen molar-refractivity contribution in [2.75, 3.05) is 11.6 Å². The lowest BCUT2D eigenvalue weighted by Gasteiger charge is -2.06. The Labute approximate surface area is 159 Å². The van der Waals surface area contributed by atoms with Gasteiger partial charge in [0, 0.05) is 23.6 Å². The summed E-state index contributed by atoms with van der Waals surface area (Å²) in [5.74, 6) is 0.520. The number of benzene rings is 2. The minimum atomic E-state index is -0.482. The molecule has 0 fully saturated rings. The molecule has 0 unspecified atom stereocenters.